The minimum atomic E-state index is -5.08. The van der Waals surface area contributed by atoms with Gasteiger partial charge in [-0.05, 0) is 47.7 Å². The maximum atomic E-state index is 15.2. The van der Waals surface area contributed by atoms with Crippen LogP contribution in [0.15, 0.2) is 36.4 Å². The summed E-state index contributed by atoms with van der Waals surface area (Å²) in [7, 11) is 0. The van der Waals surface area contributed by atoms with Crippen LogP contribution >= 0.6 is 23.2 Å². The van der Waals surface area contributed by atoms with Crippen LogP contribution in [0.1, 0.15) is 44.2 Å². The van der Waals surface area contributed by atoms with Gasteiger partial charge >= 0.3 is 18.1 Å². The van der Waals surface area contributed by atoms with Gasteiger partial charge in [-0.25, -0.2) is 13.6 Å². The Kier molecular flexibility index (Phi) is 9.41. The number of hydrogen-bond donors (Lipinski definition) is 3. The molecule has 3 rings (SSSR count). The summed E-state index contributed by atoms with van der Waals surface area (Å²) in [5, 5.41) is 30.8. The highest BCUT2D eigenvalue weighted by Crippen LogP contribution is 2.52. The first-order chi connectivity index (χ1) is 17.3. The lowest BCUT2D eigenvalue weighted by molar-refractivity contribution is -0.192. The summed E-state index contributed by atoms with van der Waals surface area (Å²) in [6.45, 7) is 5.82. The maximum absolute atomic E-state index is 15.2. The van der Waals surface area contributed by atoms with Crippen LogP contribution in [-0.4, -0.2) is 40.4 Å². The average molecular weight is 581 g/mol. The van der Waals surface area contributed by atoms with Gasteiger partial charge < -0.3 is 10.2 Å². The molecule has 2 aromatic carbocycles. The summed E-state index contributed by atoms with van der Waals surface area (Å²) in [4.78, 5) is 21.1. The summed E-state index contributed by atoms with van der Waals surface area (Å²) in [5.74, 6) is -6.49. The number of carbonyl (C=O) groups is 2. The Morgan fingerprint density at radius 3 is 2.05 bits per heavy atom. The van der Waals surface area contributed by atoms with Crippen LogP contribution in [-0.2, 0) is 15.0 Å². The molecule has 1 fully saturated rings. The van der Waals surface area contributed by atoms with Crippen molar-refractivity contribution in [3.63, 3.8) is 0 Å². The number of alkyl halides is 3. The van der Waals surface area contributed by atoms with Crippen LogP contribution in [0.3, 0.4) is 0 Å². The second-order valence-electron chi connectivity index (χ2n) is 9.89. The Labute approximate surface area is 225 Å². The third kappa shape index (κ3) is 6.92. The smallest absolute Gasteiger partial charge is 0.480 e. The normalized spacial score (nSPS) is 23.2. The fourth-order valence-electron chi connectivity index (χ4n) is 4.57. The molecule has 1 aliphatic heterocycles. The van der Waals surface area contributed by atoms with Gasteiger partial charge in [-0.15, -0.1) is 0 Å². The zero-order chi connectivity index (χ0) is 29.2. The van der Waals surface area contributed by atoms with E-state index in [1.807, 2.05) is 20.8 Å². The average Bonchev–Trinajstić information content (AvgIpc) is 3.06. The summed E-state index contributed by atoms with van der Waals surface area (Å²) in [5.41, 5.74) is -1.75. The first kappa shape index (κ1) is 31.3. The van der Waals surface area contributed by atoms with Crippen molar-refractivity contribution in [2.24, 2.45) is 5.41 Å². The number of nitriles is 1. The van der Waals surface area contributed by atoms with Crippen molar-refractivity contribution in [2.75, 3.05) is 0 Å². The summed E-state index contributed by atoms with van der Waals surface area (Å²) < 4.78 is 61.2. The minimum Gasteiger partial charge on any atom is -0.480 e. The standard InChI is InChI=1S/C23H22Cl2F2N2O2.C2HF3O2/c1-22(2,3)10-18-23(11-28,16-5-4-13(24)9-17(16)27)19(20(29-18)21(30)31)12-6-14(25)8-15(26)7-12;3-2(4,5)1(6)7/h4-9,18-20,29H,10H2,1-3H3,(H,30,31);(H,6,7). The Morgan fingerprint density at radius 2 is 1.63 bits per heavy atom. The first-order valence-electron chi connectivity index (χ1n) is 10.9. The fraction of sp³-hybridized carbons (Fsp3) is 0.400. The molecule has 0 spiro atoms. The fourth-order valence-corrected chi connectivity index (χ4v) is 4.96. The van der Waals surface area contributed by atoms with Crippen molar-refractivity contribution in [3.8, 4) is 6.07 Å². The van der Waals surface area contributed by atoms with Gasteiger partial charge in [-0.1, -0.05) is 50.0 Å². The lowest BCUT2D eigenvalue weighted by Crippen LogP contribution is -2.44. The summed E-state index contributed by atoms with van der Waals surface area (Å²) in [6, 6.07) is 7.83. The molecule has 4 atom stereocenters. The molecule has 0 saturated carbocycles. The van der Waals surface area contributed by atoms with Crippen LogP contribution < -0.4 is 5.32 Å². The molecule has 38 heavy (non-hydrogen) atoms. The van der Waals surface area contributed by atoms with Crippen LogP contribution in [0, 0.1) is 28.4 Å². The monoisotopic (exact) mass is 580 g/mol. The quantitative estimate of drug-likeness (QED) is 0.365. The van der Waals surface area contributed by atoms with E-state index in [4.69, 9.17) is 33.1 Å². The Morgan fingerprint density at radius 1 is 1.05 bits per heavy atom. The predicted octanol–water partition coefficient (Wildman–Crippen LogP) is 6.31. The summed E-state index contributed by atoms with van der Waals surface area (Å²) >= 11 is 12.0. The molecule has 206 valence electrons. The molecule has 6 nitrogen and oxygen atoms in total. The molecule has 1 heterocycles. The van der Waals surface area contributed by atoms with Crippen LogP contribution in [0.5, 0.6) is 0 Å². The molecule has 1 aliphatic rings. The van der Waals surface area contributed by atoms with E-state index in [1.54, 1.807) is 0 Å². The molecular formula is C25H23Cl2F5N2O4. The highest BCUT2D eigenvalue weighted by Gasteiger charge is 2.60. The van der Waals surface area contributed by atoms with E-state index in [2.05, 4.69) is 11.4 Å². The van der Waals surface area contributed by atoms with Gasteiger partial charge in [-0.3, -0.25) is 10.1 Å². The Hall–Kier alpha value is -2.94. The number of carboxylic acid groups (broad SMARTS) is 2. The lowest BCUT2D eigenvalue weighted by atomic mass is 9.63. The first-order valence-corrected chi connectivity index (χ1v) is 11.7. The van der Waals surface area contributed by atoms with Gasteiger partial charge in [0.1, 0.15) is 23.1 Å². The zero-order valence-corrected chi connectivity index (χ0v) is 21.7. The molecule has 0 aliphatic carbocycles. The van der Waals surface area contributed by atoms with Crippen molar-refractivity contribution in [3.05, 3.63) is 69.2 Å². The minimum absolute atomic E-state index is 0.00952. The van der Waals surface area contributed by atoms with Crippen molar-refractivity contribution >= 4 is 35.1 Å². The molecule has 4 unspecified atom stereocenters. The highest BCUT2D eigenvalue weighted by atomic mass is 35.5. The molecular weight excluding hydrogens is 558 g/mol. The number of rotatable bonds is 4. The van der Waals surface area contributed by atoms with Crippen LogP contribution in [0.2, 0.25) is 10.0 Å². The third-order valence-corrected chi connectivity index (χ3v) is 6.34. The molecule has 0 amide bonds. The topological polar surface area (TPSA) is 110 Å². The number of nitrogens with one attached hydrogen (secondary N) is 1. The SMILES string of the molecule is CC(C)(C)CC1NC(C(=O)O)C(c2cc(F)cc(Cl)c2)C1(C#N)c1ccc(Cl)cc1F.O=C(O)C(F)(F)F. The predicted molar refractivity (Wildman–Crippen MR) is 129 cm³/mol. The number of aliphatic carboxylic acids is 2. The molecule has 13 heteroatoms. The van der Waals surface area contributed by atoms with Crippen molar-refractivity contribution in [1.82, 2.24) is 5.32 Å². The lowest BCUT2D eigenvalue weighted by Gasteiger charge is -2.37. The molecule has 3 N–H and O–H groups in total. The second-order valence-corrected chi connectivity index (χ2v) is 10.8. The molecule has 0 radical (unpaired) electrons. The highest BCUT2D eigenvalue weighted by molar-refractivity contribution is 6.30. The Bertz CT molecular complexity index is 1240. The van der Waals surface area contributed by atoms with Crippen LogP contribution in [0.4, 0.5) is 22.0 Å². The molecule has 1 saturated heterocycles. The summed E-state index contributed by atoms with van der Waals surface area (Å²) in [6.07, 6.45) is -4.72. The van der Waals surface area contributed by atoms with Crippen molar-refractivity contribution in [1.29, 1.82) is 5.26 Å². The second kappa shape index (κ2) is 11.4. The van der Waals surface area contributed by atoms with Gasteiger partial charge in [0.25, 0.3) is 0 Å². The van der Waals surface area contributed by atoms with E-state index in [-0.39, 0.29) is 26.6 Å². The van der Waals surface area contributed by atoms with E-state index < -0.39 is 53.2 Å². The largest absolute Gasteiger partial charge is 0.490 e. The molecule has 0 aromatic heterocycles. The molecule has 2 aromatic rings. The van der Waals surface area contributed by atoms with Gasteiger partial charge in [-0.2, -0.15) is 18.4 Å². The number of carboxylic acids is 2. The number of benzene rings is 2. The van der Waals surface area contributed by atoms with Crippen LogP contribution in [0.25, 0.3) is 0 Å². The van der Waals surface area contributed by atoms with E-state index >= 15 is 4.39 Å². The number of hydrogen-bond acceptors (Lipinski definition) is 4. The Balaban J connectivity index is 0.000000638. The van der Waals surface area contributed by atoms with Gasteiger partial charge in [0.2, 0.25) is 0 Å². The van der Waals surface area contributed by atoms with E-state index in [0.717, 1.165) is 18.2 Å². The number of halogens is 7. The number of nitrogens with zero attached hydrogens (tertiary/aromatic N) is 1. The van der Waals surface area contributed by atoms with E-state index in [1.165, 1.54) is 18.2 Å². The van der Waals surface area contributed by atoms with Gasteiger partial charge in [0, 0.05) is 27.6 Å². The van der Waals surface area contributed by atoms with Crippen molar-refractivity contribution < 1.29 is 41.8 Å². The van der Waals surface area contributed by atoms with Gasteiger partial charge in [0.15, 0.2) is 0 Å². The molecule has 0 bridgehead atoms. The van der Waals surface area contributed by atoms with E-state index in [9.17, 15) is 32.7 Å². The zero-order valence-electron chi connectivity index (χ0n) is 20.2. The van der Waals surface area contributed by atoms with E-state index in [0.29, 0.717) is 6.42 Å². The van der Waals surface area contributed by atoms with Crippen molar-refractivity contribution in [2.45, 2.75) is 56.8 Å². The van der Waals surface area contributed by atoms with Gasteiger partial charge in [0.05, 0.1) is 6.07 Å². The third-order valence-electron chi connectivity index (χ3n) is 5.89. The maximum Gasteiger partial charge on any atom is 0.490 e.